The van der Waals surface area contributed by atoms with Gasteiger partial charge >= 0.3 is 0 Å². The van der Waals surface area contributed by atoms with Crippen LogP contribution in [0.2, 0.25) is 0 Å². The predicted octanol–water partition coefficient (Wildman–Crippen LogP) is 3.23. The van der Waals surface area contributed by atoms with E-state index in [1.54, 1.807) is 6.07 Å². The van der Waals surface area contributed by atoms with Gasteiger partial charge in [-0.1, -0.05) is 21.1 Å². The fourth-order valence-corrected chi connectivity index (χ4v) is 1.95. The molecule has 0 spiro atoms. The van der Waals surface area contributed by atoms with Gasteiger partial charge in [-0.15, -0.1) is 0 Å². The molecule has 0 aliphatic heterocycles. The Morgan fingerprint density at radius 3 is 2.82 bits per heavy atom. The summed E-state index contributed by atoms with van der Waals surface area (Å²) in [5.74, 6) is 1.13. The molecule has 17 heavy (non-hydrogen) atoms. The minimum atomic E-state index is 0.303. The average molecular weight is 295 g/mol. The smallest absolute Gasteiger partial charge is 0.222 e. The summed E-state index contributed by atoms with van der Waals surface area (Å²) >= 11 is 3.44. The number of nitrogens with zero attached hydrogens (tertiary/aromatic N) is 1. The fourth-order valence-electron chi connectivity index (χ4n) is 1.59. The van der Waals surface area contributed by atoms with Gasteiger partial charge in [-0.3, -0.25) is 0 Å². The number of halogens is 1. The second-order valence-corrected chi connectivity index (χ2v) is 4.99. The van der Waals surface area contributed by atoms with Crippen molar-refractivity contribution in [1.82, 2.24) is 5.16 Å². The molecule has 1 aromatic carbocycles. The molecule has 0 radical (unpaired) electrons. The van der Waals surface area contributed by atoms with Crippen molar-refractivity contribution in [3.8, 4) is 17.0 Å². The zero-order valence-corrected chi connectivity index (χ0v) is 10.6. The summed E-state index contributed by atoms with van der Waals surface area (Å²) in [6.45, 7) is 0. The summed E-state index contributed by atoms with van der Waals surface area (Å²) in [6, 6.07) is 7.53. The van der Waals surface area contributed by atoms with Gasteiger partial charge < -0.3 is 15.0 Å². The van der Waals surface area contributed by atoms with Crippen LogP contribution in [0.15, 0.2) is 33.3 Å². The summed E-state index contributed by atoms with van der Waals surface area (Å²) in [4.78, 5) is 0. The van der Waals surface area contributed by atoms with Gasteiger partial charge in [0.15, 0.2) is 0 Å². The van der Waals surface area contributed by atoms with Crippen molar-refractivity contribution in [2.75, 3.05) is 5.73 Å². The quantitative estimate of drug-likeness (QED) is 0.944. The summed E-state index contributed by atoms with van der Waals surface area (Å²) in [5, 5.41) is 3.91. The minimum Gasteiger partial charge on any atom is -0.490 e. The molecule has 1 aliphatic carbocycles. The van der Waals surface area contributed by atoms with Crippen molar-refractivity contribution in [1.29, 1.82) is 0 Å². The highest BCUT2D eigenvalue weighted by molar-refractivity contribution is 9.10. The standard InChI is InChI=1S/C12H11BrN2O2/c13-7-1-4-11(16-8-2-3-8)9(5-7)10-6-12(14)17-15-10/h1,4-6,8H,2-3,14H2. The van der Waals surface area contributed by atoms with E-state index in [4.69, 9.17) is 15.0 Å². The normalized spacial score (nSPS) is 14.9. The number of hydrogen-bond acceptors (Lipinski definition) is 4. The van der Waals surface area contributed by atoms with E-state index >= 15 is 0 Å². The van der Waals surface area contributed by atoms with Crippen LogP contribution in [0.3, 0.4) is 0 Å². The third kappa shape index (κ3) is 2.29. The first-order chi connectivity index (χ1) is 8.22. The minimum absolute atomic E-state index is 0.303. The summed E-state index contributed by atoms with van der Waals surface area (Å²) in [7, 11) is 0. The lowest BCUT2D eigenvalue weighted by molar-refractivity contribution is 0.304. The van der Waals surface area contributed by atoms with Gasteiger partial charge in [0.05, 0.1) is 6.10 Å². The zero-order chi connectivity index (χ0) is 11.8. The van der Waals surface area contributed by atoms with E-state index in [2.05, 4.69) is 21.1 Å². The number of nitrogens with two attached hydrogens (primary N) is 1. The van der Waals surface area contributed by atoms with E-state index in [9.17, 15) is 0 Å². The number of ether oxygens (including phenoxy) is 1. The van der Waals surface area contributed by atoms with Crippen molar-refractivity contribution in [2.45, 2.75) is 18.9 Å². The second kappa shape index (κ2) is 4.07. The Balaban J connectivity index is 2.02. The first-order valence-corrected chi connectivity index (χ1v) is 6.20. The first-order valence-electron chi connectivity index (χ1n) is 5.41. The third-order valence-corrected chi connectivity index (χ3v) is 3.06. The molecule has 1 fully saturated rings. The molecule has 3 rings (SSSR count). The molecular formula is C12H11BrN2O2. The predicted molar refractivity (Wildman–Crippen MR) is 67.7 cm³/mol. The van der Waals surface area contributed by atoms with Crippen molar-refractivity contribution in [3.63, 3.8) is 0 Å². The van der Waals surface area contributed by atoms with E-state index in [0.717, 1.165) is 28.6 Å². The topological polar surface area (TPSA) is 61.3 Å². The Hall–Kier alpha value is -1.49. The summed E-state index contributed by atoms with van der Waals surface area (Å²) in [5.41, 5.74) is 7.13. The van der Waals surface area contributed by atoms with Crippen LogP contribution >= 0.6 is 15.9 Å². The van der Waals surface area contributed by atoms with Crippen LogP contribution in [0.1, 0.15) is 12.8 Å². The SMILES string of the molecule is Nc1cc(-c2cc(Br)ccc2OC2CC2)no1. The number of hydrogen-bond donors (Lipinski definition) is 1. The van der Waals surface area contributed by atoms with E-state index in [0.29, 0.717) is 17.7 Å². The Bertz CT molecular complexity index is 549. The number of aromatic nitrogens is 1. The molecule has 0 bridgehead atoms. The fraction of sp³-hybridized carbons (Fsp3) is 0.250. The molecule has 0 amide bonds. The summed E-state index contributed by atoms with van der Waals surface area (Å²) < 4.78 is 11.7. The van der Waals surface area contributed by atoms with Gasteiger partial charge in [0.25, 0.3) is 0 Å². The van der Waals surface area contributed by atoms with Crippen LogP contribution < -0.4 is 10.5 Å². The maximum absolute atomic E-state index is 5.83. The maximum Gasteiger partial charge on any atom is 0.222 e. The number of rotatable bonds is 3. The van der Waals surface area contributed by atoms with Gasteiger partial charge in [0.1, 0.15) is 11.4 Å². The van der Waals surface area contributed by atoms with E-state index in [1.807, 2.05) is 18.2 Å². The second-order valence-electron chi connectivity index (χ2n) is 4.07. The maximum atomic E-state index is 5.83. The highest BCUT2D eigenvalue weighted by atomic mass is 79.9. The lowest BCUT2D eigenvalue weighted by atomic mass is 10.1. The Kier molecular flexibility index (Phi) is 2.55. The highest BCUT2D eigenvalue weighted by Gasteiger charge is 2.25. The largest absolute Gasteiger partial charge is 0.490 e. The van der Waals surface area contributed by atoms with Crippen molar-refractivity contribution in [2.24, 2.45) is 0 Å². The molecule has 1 aliphatic rings. The van der Waals surface area contributed by atoms with Gasteiger partial charge in [0.2, 0.25) is 5.88 Å². The lowest BCUT2D eigenvalue weighted by Gasteiger charge is -2.09. The van der Waals surface area contributed by atoms with Crippen molar-refractivity contribution < 1.29 is 9.26 Å². The molecule has 0 atom stereocenters. The molecular weight excluding hydrogens is 284 g/mol. The molecule has 2 aromatic rings. The number of benzene rings is 1. The van der Waals surface area contributed by atoms with Crippen molar-refractivity contribution >= 4 is 21.8 Å². The molecule has 5 heteroatoms. The van der Waals surface area contributed by atoms with E-state index in [1.165, 1.54) is 0 Å². The van der Waals surface area contributed by atoms with Gasteiger partial charge in [-0.2, -0.15) is 0 Å². The molecule has 1 saturated carbocycles. The molecule has 1 heterocycles. The lowest BCUT2D eigenvalue weighted by Crippen LogP contribution is -1.97. The van der Waals surface area contributed by atoms with Gasteiger partial charge in [-0.25, -0.2) is 0 Å². The zero-order valence-electron chi connectivity index (χ0n) is 9.02. The van der Waals surface area contributed by atoms with Crippen LogP contribution in [-0.2, 0) is 0 Å². The van der Waals surface area contributed by atoms with E-state index < -0.39 is 0 Å². The number of nitrogen functional groups attached to an aromatic ring is 1. The molecule has 0 saturated heterocycles. The average Bonchev–Trinajstić information content (AvgIpc) is 3.01. The van der Waals surface area contributed by atoms with Gasteiger partial charge in [0, 0.05) is 16.1 Å². The molecule has 88 valence electrons. The monoisotopic (exact) mass is 294 g/mol. The van der Waals surface area contributed by atoms with Crippen LogP contribution in [0.4, 0.5) is 5.88 Å². The molecule has 2 N–H and O–H groups in total. The summed E-state index contributed by atoms with van der Waals surface area (Å²) in [6.07, 6.45) is 2.59. The molecule has 1 aromatic heterocycles. The van der Waals surface area contributed by atoms with Crippen LogP contribution in [0, 0.1) is 0 Å². The highest BCUT2D eigenvalue weighted by Crippen LogP contribution is 2.36. The molecule has 4 nitrogen and oxygen atoms in total. The van der Waals surface area contributed by atoms with Crippen LogP contribution in [0.25, 0.3) is 11.3 Å². The van der Waals surface area contributed by atoms with Crippen LogP contribution in [-0.4, -0.2) is 11.3 Å². The Morgan fingerprint density at radius 1 is 1.35 bits per heavy atom. The number of anilines is 1. The van der Waals surface area contributed by atoms with Crippen LogP contribution in [0.5, 0.6) is 5.75 Å². The van der Waals surface area contributed by atoms with Crippen molar-refractivity contribution in [3.05, 3.63) is 28.7 Å². The van der Waals surface area contributed by atoms with E-state index in [-0.39, 0.29) is 0 Å². The Morgan fingerprint density at radius 2 is 2.18 bits per heavy atom. The molecule has 0 unspecified atom stereocenters. The Labute approximate surface area is 107 Å². The first kappa shape index (κ1) is 10.7. The van der Waals surface area contributed by atoms with Gasteiger partial charge in [-0.05, 0) is 31.0 Å². The third-order valence-electron chi connectivity index (χ3n) is 2.56.